The van der Waals surface area contributed by atoms with Crippen molar-refractivity contribution < 1.29 is 14.7 Å². The quantitative estimate of drug-likeness (QED) is 0.688. The fourth-order valence-electron chi connectivity index (χ4n) is 1.67. The van der Waals surface area contributed by atoms with Gasteiger partial charge in [0.25, 0.3) is 0 Å². The third kappa shape index (κ3) is 3.98. The van der Waals surface area contributed by atoms with E-state index in [9.17, 15) is 14.7 Å². The van der Waals surface area contributed by atoms with Crippen molar-refractivity contribution in [3.05, 3.63) is 35.9 Å². The molecule has 104 valence electrons. The zero-order chi connectivity index (χ0) is 14.3. The molecule has 0 aliphatic heterocycles. The van der Waals surface area contributed by atoms with Crippen molar-refractivity contribution in [3.63, 3.8) is 0 Å². The number of benzene rings is 1. The predicted octanol–water partition coefficient (Wildman–Crippen LogP) is 2.09. The summed E-state index contributed by atoms with van der Waals surface area (Å²) in [7, 11) is 0. The molecule has 0 saturated carbocycles. The van der Waals surface area contributed by atoms with Crippen LogP contribution in [-0.4, -0.2) is 23.7 Å². The van der Waals surface area contributed by atoms with E-state index in [1.807, 2.05) is 6.92 Å². The smallest absolute Gasteiger partial charge is 0.333 e. The Hall–Kier alpha value is -2.04. The summed E-state index contributed by atoms with van der Waals surface area (Å²) in [6, 6.07) is 8.18. The number of carboxylic acid groups (broad SMARTS) is 1. The Morgan fingerprint density at radius 3 is 2.42 bits per heavy atom. The maximum Gasteiger partial charge on any atom is 0.333 e. The number of unbranched alkanes of at least 4 members (excludes halogenated alkanes) is 1. The molecular formula is C14H20N2O3. The first kappa shape index (κ1) is 15.0. The fourth-order valence-corrected chi connectivity index (χ4v) is 1.67. The van der Waals surface area contributed by atoms with Gasteiger partial charge in [-0.15, -0.1) is 0 Å². The second-order valence-electron chi connectivity index (χ2n) is 4.53. The fraction of sp³-hybridized carbons (Fsp3) is 0.429. The first-order valence-electron chi connectivity index (χ1n) is 6.35. The van der Waals surface area contributed by atoms with Gasteiger partial charge in [0.2, 0.25) is 0 Å². The van der Waals surface area contributed by atoms with Gasteiger partial charge in [-0.05, 0) is 18.9 Å². The Morgan fingerprint density at radius 2 is 1.89 bits per heavy atom. The van der Waals surface area contributed by atoms with E-state index in [2.05, 4.69) is 10.6 Å². The van der Waals surface area contributed by atoms with Crippen LogP contribution in [0, 0.1) is 0 Å². The van der Waals surface area contributed by atoms with Gasteiger partial charge in [-0.2, -0.15) is 0 Å². The van der Waals surface area contributed by atoms with E-state index in [1.165, 1.54) is 6.92 Å². The number of nitrogens with one attached hydrogen (secondary N) is 2. The van der Waals surface area contributed by atoms with E-state index in [4.69, 9.17) is 0 Å². The Morgan fingerprint density at radius 1 is 1.26 bits per heavy atom. The van der Waals surface area contributed by atoms with E-state index in [0.717, 1.165) is 12.8 Å². The van der Waals surface area contributed by atoms with Crippen LogP contribution >= 0.6 is 0 Å². The van der Waals surface area contributed by atoms with Gasteiger partial charge in [0.1, 0.15) is 0 Å². The molecule has 3 N–H and O–H groups in total. The first-order valence-corrected chi connectivity index (χ1v) is 6.35. The van der Waals surface area contributed by atoms with Gasteiger partial charge >= 0.3 is 12.0 Å². The molecular weight excluding hydrogens is 244 g/mol. The monoisotopic (exact) mass is 264 g/mol. The van der Waals surface area contributed by atoms with E-state index in [1.54, 1.807) is 30.3 Å². The Bertz CT molecular complexity index is 434. The summed E-state index contributed by atoms with van der Waals surface area (Å²) in [6.07, 6.45) is 1.83. The van der Waals surface area contributed by atoms with Crippen LogP contribution in [0.4, 0.5) is 4.79 Å². The number of carbonyl (C=O) groups is 2. The molecule has 0 bridgehead atoms. The molecule has 0 aliphatic rings. The Kier molecular flexibility index (Phi) is 5.36. The SMILES string of the molecule is CCCCNC(=O)NC(C)(C(=O)O)c1ccccc1. The summed E-state index contributed by atoms with van der Waals surface area (Å²) in [4.78, 5) is 23.2. The third-order valence-electron chi connectivity index (χ3n) is 2.96. The largest absolute Gasteiger partial charge is 0.479 e. The molecule has 19 heavy (non-hydrogen) atoms. The van der Waals surface area contributed by atoms with E-state index >= 15 is 0 Å². The molecule has 1 rings (SSSR count). The first-order chi connectivity index (χ1) is 9.00. The van der Waals surface area contributed by atoms with E-state index in [-0.39, 0.29) is 0 Å². The molecule has 1 aromatic rings. The number of hydrogen-bond acceptors (Lipinski definition) is 2. The highest BCUT2D eigenvalue weighted by atomic mass is 16.4. The summed E-state index contributed by atoms with van der Waals surface area (Å²) < 4.78 is 0. The van der Waals surface area contributed by atoms with Crippen molar-refractivity contribution in [2.24, 2.45) is 0 Å². The normalized spacial score (nSPS) is 13.4. The minimum absolute atomic E-state index is 0.470. The molecule has 5 heteroatoms. The molecule has 0 radical (unpaired) electrons. The molecule has 1 aromatic carbocycles. The number of carbonyl (C=O) groups excluding carboxylic acids is 1. The van der Waals surface area contributed by atoms with Gasteiger partial charge in [-0.25, -0.2) is 9.59 Å². The van der Waals surface area contributed by atoms with Crippen LogP contribution in [0.25, 0.3) is 0 Å². The summed E-state index contributed by atoms with van der Waals surface area (Å²) in [5.74, 6) is -1.09. The van der Waals surface area contributed by atoms with Crippen LogP contribution in [-0.2, 0) is 10.3 Å². The summed E-state index contributed by atoms with van der Waals surface area (Å²) in [5, 5.41) is 14.5. The van der Waals surface area contributed by atoms with Crippen LogP contribution in [0.15, 0.2) is 30.3 Å². The average Bonchev–Trinajstić information content (AvgIpc) is 2.39. The van der Waals surface area contributed by atoms with Gasteiger partial charge in [0.05, 0.1) is 0 Å². The van der Waals surface area contributed by atoms with Crippen molar-refractivity contribution in [1.82, 2.24) is 10.6 Å². The Balaban J connectivity index is 2.78. The van der Waals surface area contributed by atoms with Crippen LogP contribution in [0.2, 0.25) is 0 Å². The van der Waals surface area contributed by atoms with Gasteiger partial charge in [-0.1, -0.05) is 43.7 Å². The topological polar surface area (TPSA) is 78.4 Å². The lowest BCUT2D eigenvalue weighted by atomic mass is 9.92. The zero-order valence-electron chi connectivity index (χ0n) is 11.3. The number of urea groups is 1. The highest BCUT2D eigenvalue weighted by Crippen LogP contribution is 2.20. The lowest BCUT2D eigenvalue weighted by Crippen LogP contribution is -2.53. The highest BCUT2D eigenvalue weighted by Gasteiger charge is 2.36. The van der Waals surface area contributed by atoms with Crippen molar-refractivity contribution in [1.29, 1.82) is 0 Å². The molecule has 5 nitrogen and oxygen atoms in total. The van der Waals surface area contributed by atoms with E-state index in [0.29, 0.717) is 12.1 Å². The second kappa shape index (κ2) is 6.78. The van der Waals surface area contributed by atoms with Gasteiger partial charge in [0.15, 0.2) is 5.54 Å². The van der Waals surface area contributed by atoms with Crippen LogP contribution < -0.4 is 10.6 Å². The molecule has 1 atom stereocenters. The van der Waals surface area contributed by atoms with Crippen molar-refractivity contribution in [2.45, 2.75) is 32.2 Å². The third-order valence-corrected chi connectivity index (χ3v) is 2.96. The van der Waals surface area contributed by atoms with Crippen molar-refractivity contribution >= 4 is 12.0 Å². The number of aliphatic carboxylic acids is 1. The molecule has 0 spiro atoms. The molecule has 1 unspecified atom stereocenters. The van der Waals surface area contributed by atoms with E-state index < -0.39 is 17.5 Å². The molecule has 2 amide bonds. The second-order valence-corrected chi connectivity index (χ2v) is 4.53. The molecule has 0 aromatic heterocycles. The molecule has 0 aliphatic carbocycles. The van der Waals surface area contributed by atoms with Crippen LogP contribution in [0.5, 0.6) is 0 Å². The number of amides is 2. The maximum atomic E-state index is 11.7. The summed E-state index contributed by atoms with van der Waals surface area (Å²) in [5.41, 5.74) is -0.898. The van der Waals surface area contributed by atoms with Gasteiger partial charge in [-0.3, -0.25) is 0 Å². The van der Waals surface area contributed by atoms with Crippen molar-refractivity contribution in [2.75, 3.05) is 6.54 Å². The predicted molar refractivity (Wildman–Crippen MR) is 72.9 cm³/mol. The average molecular weight is 264 g/mol. The zero-order valence-corrected chi connectivity index (χ0v) is 11.3. The molecule has 0 fully saturated rings. The lowest BCUT2D eigenvalue weighted by molar-refractivity contribution is -0.144. The molecule has 0 saturated heterocycles. The summed E-state index contributed by atoms with van der Waals surface area (Å²) >= 11 is 0. The number of carboxylic acids is 1. The molecule has 0 heterocycles. The van der Waals surface area contributed by atoms with Gasteiger partial charge in [0, 0.05) is 6.54 Å². The van der Waals surface area contributed by atoms with Crippen LogP contribution in [0.1, 0.15) is 32.3 Å². The number of rotatable bonds is 6. The summed E-state index contributed by atoms with van der Waals surface area (Å²) in [6.45, 7) is 4.03. The van der Waals surface area contributed by atoms with Gasteiger partial charge < -0.3 is 15.7 Å². The van der Waals surface area contributed by atoms with Crippen molar-refractivity contribution in [3.8, 4) is 0 Å². The lowest BCUT2D eigenvalue weighted by Gasteiger charge is -2.26. The standard InChI is InChI=1S/C14H20N2O3/c1-3-4-10-15-13(19)16-14(2,12(17)18)11-8-6-5-7-9-11/h5-9H,3-4,10H2,1-2H3,(H,17,18)(H2,15,16,19). The highest BCUT2D eigenvalue weighted by molar-refractivity contribution is 5.87. The Labute approximate surface area is 113 Å². The minimum atomic E-state index is -1.43. The maximum absolute atomic E-state index is 11.7. The minimum Gasteiger partial charge on any atom is -0.479 e. The van der Waals surface area contributed by atoms with Crippen LogP contribution in [0.3, 0.4) is 0 Å². The number of hydrogen-bond donors (Lipinski definition) is 3.